The van der Waals surface area contributed by atoms with Crippen molar-refractivity contribution in [3.63, 3.8) is 0 Å². The van der Waals surface area contributed by atoms with E-state index in [0.29, 0.717) is 17.6 Å². The molecule has 1 fully saturated rings. The maximum absolute atomic E-state index is 11.8. The SMILES string of the molecule is CC[C@H](C)NC(=O)O[C@@H]1CC[C@H](c2cc(Nc3cccnn3)n[nH]2)C1. The van der Waals surface area contributed by atoms with Crippen molar-refractivity contribution in [2.24, 2.45) is 0 Å². The topological polar surface area (TPSA) is 105 Å². The number of hydrogen-bond acceptors (Lipinski definition) is 6. The molecular formula is C17H24N6O2. The fourth-order valence-electron chi connectivity index (χ4n) is 2.93. The Kier molecular flexibility index (Phi) is 5.47. The van der Waals surface area contributed by atoms with E-state index in [9.17, 15) is 4.79 Å². The Bertz CT molecular complexity index is 689. The van der Waals surface area contributed by atoms with Crippen molar-refractivity contribution in [2.45, 2.75) is 57.6 Å². The second kappa shape index (κ2) is 7.96. The van der Waals surface area contributed by atoms with E-state index in [0.717, 1.165) is 31.4 Å². The molecule has 0 saturated heterocycles. The molecule has 1 amide bonds. The molecule has 2 aromatic heterocycles. The summed E-state index contributed by atoms with van der Waals surface area (Å²) in [6.45, 7) is 4.00. The summed E-state index contributed by atoms with van der Waals surface area (Å²) in [6.07, 6.45) is 4.78. The molecule has 134 valence electrons. The highest BCUT2D eigenvalue weighted by atomic mass is 16.6. The van der Waals surface area contributed by atoms with Crippen LogP contribution < -0.4 is 10.6 Å². The average Bonchev–Trinajstić information content (AvgIpc) is 3.25. The molecular weight excluding hydrogens is 320 g/mol. The lowest BCUT2D eigenvalue weighted by Crippen LogP contribution is -2.34. The van der Waals surface area contributed by atoms with Crippen molar-refractivity contribution in [1.82, 2.24) is 25.7 Å². The van der Waals surface area contributed by atoms with Crippen molar-refractivity contribution in [3.05, 3.63) is 30.1 Å². The van der Waals surface area contributed by atoms with E-state index in [1.807, 2.05) is 32.0 Å². The van der Waals surface area contributed by atoms with E-state index in [1.165, 1.54) is 0 Å². The van der Waals surface area contributed by atoms with Gasteiger partial charge in [0.25, 0.3) is 0 Å². The lowest BCUT2D eigenvalue weighted by molar-refractivity contribution is 0.0974. The Morgan fingerprint density at radius 1 is 1.44 bits per heavy atom. The van der Waals surface area contributed by atoms with Crippen molar-refractivity contribution in [1.29, 1.82) is 0 Å². The van der Waals surface area contributed by atoms with Gasteiger partial charge in [0.05, 0.1) is 0 Å². The molecule has 0 radical (unpaired) electrons. The first-order chi connectivity index (χ1) is 12.1. The second-order valence-electron chi connectivity index (χ2n) is 6.43. The molecule has 2 heterocycles. The van der Waals surface area contributed by atoms with Gasteiger partial charge in [-0.25, -0.2) is 4.79 Å². The van der Waals surface area contributed by atoms with Crippen LogP contribution in [0.5, 0.6) is 0 Å². The lowest BCUT2D eigenvalue weighted by Gasteiger charge is -2.16. The Morgan fingerprint density at radius 3 is 3.08 bits per heavy atom. The normalized spacial score (nSPS) is 20.9. The number of aromatic amines is 1. The first kappa shape index (κ1) is 17.2. The quantitative estimate of drug-likeness (QED) is 0.744. The minimum absolute atomic E-state index is 0.0474. The third-order valence-corrected chi connectivity index (χ3v) is 4.50. The molecule has 0 spiro atoms. The number of carbonyl (C=O) groups is 1. The van der Waals surface area contributed by atoms with Gasteiger partial charge in [0, 0.05) is 29.9 Å². The zero-order valence-corrected chi connectivity index (χ0v) is 14.5. The van der Waals surface area contributed by atoms with Gasteiger partial charge >= 0.3 is 6.09 Å². The van der Waals surface area contributed by atoms with E-state index >= 15 is 0 Å². The van der Waals surface area contributed by atoms with Gasteiger partial charge in [0.1, 0.15) is 6.10 Å². The number of rotatable bonds is 6. The molecule has 25 heavy (non-hydrogen) atoms. The van der Waals surface area contributed by atoms with Gasteiger partial charge in [-0.2, -0.15) is 10.2 Å². The number of hydrogen-bond donors (Lipinski definition) is 3. The predicted octanol–water partition coefficient (Wildman–Crippen LogP) is 3.10. The second-order valence-corrected chi connectivity index (χ2v) is 6.43. The van der Waals surface area contributed by atoms with Crippen LogP contribution in [0.2, 0.25) is 0 Å². The fraction of sp³-hybridized carbons (Fsp3) is 0.529. The Morgan fingerprint density at radius 2 is 2.32 bits per heavy atom. The van der Waals surface area contributed by atoms with E-state index < -0.39 is 0 Å². The van der Waals surface area contributed by atoms with E-state index in [-0.39, 0.29) is 18.2 Å². The molecule has 0 aromatic carbocycles. The van der Waals surface area contributed by atoms with Gasteiger partial charge in [-0.1, -0.05) is 6.92 Å². The summed E-state index contributed by atoms with van der Waals surface area (Å²) < 4.78 is 5.52. The number of anilines is 2. The number of nitrogens with one attached hydrogen (secondary N) is 3. The van der Waals surface area contributed by atoms with E-state index in [2.05, 4.69) is 31.0 Å². The molecule has 3 N–H and O–H groups in total. The third kappa shape index (κ3) is 4.68. The summed E-state index contributed by atoms with van der Waals surface area (Å²) in [5.41, 5.74) is 1.04. The lowest BCUT2D eigenvalue weighted by atomic mass is 10.0. The minimum atomic E-state index is -0.324. The zero-order valence-electron chi connectivity index (χ0n) is 14.5. The van der Waals surface area contributed by atoms with Gasteiger partial charge in [-0.15, -0.1) is 5.10 Å². The molecule has 0 unspecified atom stereocenters. The van der Waals surface area contributed by atoms with Gasteiger partial charge in [-0.3, -0.25) is 5.10 Å². The number of alkyl carbamates (subject to hydrolysis) is 1. The number of H-pyrrole nitrogens is 1. The Hall–Kier alpha value is -2.64. The maximum Gasteiger partial charge on any atom is 0.407 e. The molecule has 0 bridgehead atoms. The number of ether oxygens (including phenoxy) is 1. The number of carbonyl (C=O) groups excluding carboxylic acids is 1. The van der Waals surface area contributed by atoms with Crippen LogP contribution >= 0.6 is 0 Å². The summed E-state index contributed by atoms with van der Waals surface area (Å²) >= 11 is 0. The zero-order chi connectivity index (χ0) is 17.6. The molecule has 8 heteroatoms. The van der Waals surface area contributed by atoms with Crippen molar-refractivity contribution in [2.75, 3.05) is 5.32 Å². The predicted molar refractivity (Wildman–Crippen MR) is 93.7 cm³/mol. The molecule has 3 rings (SSSR count). The highest BCUT2D eigenvalue weighted by Gasteiger charge is 2.30. The first-order valence-electron chi connectivity index (χ1n) is 8.71. The average molecular weight is 344 g/mol. The van der Waals surface area contributed by atoms with Crippen molar-refractivity contribution in [3.8, 4) is 0 Å². The smallest absolute Gasteiger partial charge is 0.407 e. The summed E-state index contributed by atoms with van der Waals surface area (Å²) in [6, 6.07) is 5.75. The highest BCUT2D eigenvalue weighted by molar-refractivity contribution is 5.67. The minimum Gasteiger partial charge on any atom is -0.446 e. The van der Waals surface area contributed by atoms with E-state index in [4.69, 9.17) is 4.74 Å². The van der Waals surface area contributed by atoms with Crippen LogP contribution in [0, 0.1) is 0 Å². The van der Waals surface area contributed by atoms with Gasteiger partial charge in [0.15, 0.2) is 11.6 Å². The van der Waals surface area contributed by atoms with Gasteiger partial charge < -0.3 is 15.4 Å². The molecule has 8 nitrogen and oxygen atoms in total. The summed E-state index contributed by atoms with van der Waals surface area (Å²) in [5.74, 6) is 1.66. The van der Waals surface area contributed by atoms with Crippen LogP contribution in [-0.4, -0.2) is 38.6 Å². The number of aromatic nitrogens is 4. The van der Waals surface area contributed by atoms with Crippen LogP contribution in [0.3, 0.4) is 0 Å². The van der Waals surface area contributed by atoms with Gasteiger partial charge in [0.2, 0.25) is 0 Å². The van der Waals surface area contributed by atoms with Crippen LogP contribution in [0.25, 0.3) is 0 Å². The molecule has 3 atom stereocenters. The van der Waals surface area contributed by atoms with Crippen molar-refractivity contribution < 1.29 is 9.53 Å². The van der Waals surface area contributed by atoms with E-state index in [1.54, 1.807) is 6.20 Å². The third-order valence-electron chi connectivity index (χ3n) is 4.50. The number of nitrogens with zero attached hydrogens (tertiary/aromatic N) is 3. The standard InChI is InChI=1S/C17H24N6O2/c1-3-11(2)19-17(24)25-13-7-6-12(9-13)14-10-16(23-21-14)20-15-5-4-8-18-22-15/h4-5,8,10-13H,3,6-7,9H2,1-2H3,(H,19,24)(H2,20,21,22,23)/t11-,12-,13+/m0/s1. The van der Waals surface area contributed by atoms with Crippen LogP contribution in [-0.2, 0) is 4.74 Å². The monoisotopic (exact) mass is 344 g/mol. The Labute approximate surface area is 146 Å². The summed E-state index contributed by atoms with van der Waals surface area (Å²) in [5, 5.41) is 21.1. The highest BCUT2D eigenvalue weighted by Crippen LogP contribution is 2.36. The fourth-order valence-corrected chi connectivity index (χ4v) is 2.93. The molecule has 1 aliphatic rings. The van der Waals surface area contributed by atoms with Crippen molar-refractivity contribution >= 4 is 17.7 Å². The Balaban J connectivity index is 1.51. The largest absolute Gasteiger partial charge is 0.446 e. The van der Waals surface area contributed by atoms with Crippen LogP contribution in [0.15, 0.2) is 24.4 Å². The van der Waals surface area contributed by atoms with Crippen LogP contribution in [0.4, 0.5) is 16.4 Å². The summed E-state index contributed by atoms with van der Waals surface area (Å²) in [7, 11) is 0. The number of amides is 1. The summed E-state index contributed by atoms with van der Waals surface area (Å²) in [4.78, 5) is 11.8. The molecule has 2 aromatic rings. The molecule has 1 aliphatic carbocycles. The first-order valence-corrected chi connectivity index (χ1v) is 8.71. The molecule has 0 aliphatic heterocycles. The maximum atomic E-state index is 11.8. The molecule has 1 saturated carbocycles. The van der Waals surface area contributed by atoms with Crippen LogP contribution in [0.1, 0.15) is 51.1 Å². The van der Waals surface area contributed by atoms with Gasteiger partial charge in [-0.05, 0) is 44.7 Å².